The molecule has 26 heavy (non-hydrogen) atoms. The number of carbonyl (C=O) groups is 1. The van der Waals surface area contributed by atoms with Crippen molar-refractivity contribution in [3.05, 3.63) is 46.0 Å². The maximum atomic E-state index is 12.1. The Bertz CT molecular complexity index is 634. The Balaban J connectivity index is 1.82. The lowest BCUT2D eigenvalue weighted by atomic mass is 9.62. The van der Waals surface area contributed by atoms with E-state index in [0.29, 0.717) is 19.4 Å². The number of likely N-dealkylation sites (tertiary alicyclic amines) is 1. The average Bonchev–Trinajstić information content (AvgIpc) is 2.56. The standard InChI is InChI=1S/C20H28N2O4/c1-2-26-18(23)15-19(16-22(24)25)9-11-20(12-10-19,21-13-6-14-21)17-7-4-3-5-8-17/h3-5,7-8H,2,6,9-16H2,1H3. The van der Waals surface area contributed by atoms with Crippen molar-refractivity contribution in [3.63, 3.8) is 0 Å². The molecule has 1 aromatic carbocycles. The van der Waals surface area contributed by atoms with Crippen molar-refractivity contribution in [2.45, 2.75) is 51.0 Å². The van der Waals surface area contributed by atoms with Crippen LogP contribution in [0.2, 0.25) is 0 Å². The Labute approximate surface area is 154 Å². The lowest BCUT2D eigenvalue weighted by molar-refractivity contribution is -0.499. The molecule has 0 amide bonds. The molecule has 1 saturated carbocycles. The summed E-state index contributed by atoms with van der Waals surface area (Å²) in [5.74, 6) is -0.314. The van der Waals surface area contributed by atoms with Gasteiger partial charge in [-0.1, -0.05) is 30.3 Å². The van der Waals surface area contributed by atoms with Crippen LogP contribution in [-0.4, -0.2) is 42.0 Å². The molecule has 0 bridgehead atoms. The van der Waals surface area contributed by atoms with Gasteiger partial charge >= 0.3 is 5.97 Å². The molecule has 1 aliphatic carbocycles. The highest BCUT2D eigenvalue weighted by atomic mass is 16.6. The van der Waals surface area contributed by atoms with Crippen molar-refractivity contribution in [2.24, 2.45) is 5.41 Å². The summed E-state index contributed by atoms with van der Waals surface area (Å²) in [4.78, 5) is 25.6. The van der Waals surface area contributed by atoms with Crippen LogP contribution in [0.25, 0.3) is 0 Å². The summed E-state index contributed by atoms with van der Waals surface area (Å²) < 4.78 is 5.10. The average molecular weight is 360 g/mol. The van der Waals surface area contributed by atoms with Crippen LogP contribution >= 0.6 is 0 Å². The zero-order chi connectivity index (χ0) is 18.6. The van der Waals surface area contributed by atoms with Crippen LogP contribution < -0.4 is 0 Å². The number of nitro groups is 1. The van der Waals surface area contributed by atoms with Crippen LogP contribution in [0.1, 0.15) is 51.0 Å². The molecule has 2 fully saturated rings. The molecule has 1 aliphatic heterocycles. The topological polar surface area (TPSA) is 72.7 Å². The van der Waals surface area contributed by atoms with Crippen molar-refractivity contribution >= 4 is 5.97 Å². The molecule has 0 spiro atoms. The second kappa shape index (κ2) is 7.74. The molecule has 6 heteroatoms. The van der Waals surface area contributed by atoms with E-state index in [1.54, 1.807) is 6.92 Å². The number of rotatable bonds is 7. The lowest BCUT2D eigenvalue weighted by Gasteiger charge is -2.54. The van der Waals surface area contributed by atoms with Gasteiger partial charge in [0, 0.05) is 29.0 Å². The van der Waals surface area contributed by atoms with Crippen molar-refractivity contribution < 1.29 is 14.5 Å². The predicted octanol–water partition coefficient (Wildman–Crippen LogP) is 3.38. The van der Waals surface area contributed by atoms with Crippen molar-refractivity contribution in [3.8, 4) is 0 Å². The fourth-order valence-corrected chi connectivity index (χ4v) is 4.66. The first-order chi connectivity index (χ1) is 12.5. The fraction of sp³-hybridized carbons (Fsp3) is 0.650. The molecule has 0 aromatic heterocycles. The van der Waals surface area contributed by atoms with E-state index in [1.807, 2.05) is 6.07 Å². The van der Waals surface area contributed by atoms with Gasteiger partial charge < -0.3 is 4.74 Å². The zero-order valence-corrected chi connectivity index (χ0v) is 15.5. The molecule has 1 heterocycles. The maximum absolute atomic E-state index is 12.1. The molecule has 6 nitrogen and oxygen atoms in total. The van der Waals surface area contributed by atoms with Gasteiger partial charge in [-0.2, -0.15) is 0 Å². The van der Waals surface area contributed by atoms with Crippen LogP contribution in [0.3, 0.4) is 0 Å². The highest BCUT2D eigenvalue weighted by Crippen LogP contribution is 2.51. The first-order valence-corrected chi connectivity index (χ1v) is 9.58. The summed E-state index contributed by atoms with van der Waals surface area (Å²) in [5.41, 5.74) is 0.665. The number of esters is 1. The lowest BCUT2D eigenvalue weighted by Crippen LogP contribution is -2.56. The van der Waals surface area contributed by atoms with Gasteiger partial charge in [0.1, 0.15) is 0 Å². The number of benzene rings is 1. The molecule has 1 aromatic rings. The minimum Gasteiger partial charge on any atom is -0.466 e. The Morgan fingerprint density at radius 1 is 1.19 bits per heavy atom. The van der Waals surface area contributed by atoms with Gasteiger partial charge in [0.25, 0.3) is 0 Å². The third kappa shape index (κ3) is 3.75. The van der Waals surface area contributed by atoms with E-state index in [1.165, 1.54) is 12.0 Å². The van der Waals surface area contributed by atoms with E-state index in [2.05, 4.69) is 29.2 Å². The van der Waals surface area contributed by atoms with E-state index >= 15 is 0 Å². The van der Waals surface area contributed by atoms with Crippen LogP contribution in [0.4, 0.5) is 0 Å². The highest BCUT2D eigenvalue weighted by molar-refractivity contribution is 5.70. The molecule has 0 unspecified atom stereocenters. The van der Waals surface area contributed by atoms with E-state index in [-0.39, 0.29) is 29.4 Å². The van der Waals surface area contributed by atoms with Crippen LogP contribution in [0.15, 0.2) is 30.3 Å². The molecule has 0 N–H and O–H groups in total. The van der Waals surface area contributed by atoms with Gasteiger partial charge in [0.05, 0.1) is 13.0 Å². The molecule has 3 rings (SSSR count). The zero-order valence-electron chi connectivity index (χ0n) is 15.5. The highest BCUT2D eigenvalue weighted by Gasteiger charge is 2.50. The maximum Gasteiger partial charge on any atom is 0.306 e. The summed E-state index contributed by atoms with van der Waals surface area (Å²) in [6.07, 6.45) is 4.41. The van der Waals surface area contributed by atoms with Crippen LogP contribution in [-0.2, 0) is 15.1 Å². The minimum atomic E-state index is -0.584. The summed E-state index contributed by atoms with van der Waals surface area (Å²) in [6, 6.07) is 10.5. The van der Waals surface area contributed by atoms with Gasteiger partial charge in [-0.15, -0.1) is 0 Å². The molecule has 142 valence electrons. The normalized spacial score (nSPS) is 29.0. The van der Waals surface area contributed by atoms with Crippen molar-refractivity contribution in [1.82, 2.24) is 4.90 Å². The van der Waals surface area contributed by atoms with Gasteiger partial charge in [-0.05, 0) is 44.6 Å². The predicted molar refractivity (Wildman–Crippen MR) is 98.3 cm³/mol. The third-order valence-electron chi connectivity index (χ3n) is 6.20. The first-order valence-electron chi connectivity index (χ1n) is 9.58. The number of carbonyl (C=O) groups excluding carboxylic acids is 1. The number of hydrogen-bond acceptors (Lipinski definition) is 5. The van der Waals surface area contributed by atoms with Gasteiger partial charge in [-0.3, -0.25) is 19.8 Å². The SMILES string of the molecule is CCOC(=O)CC1(C[N+](=O)[O-])CCC(c2ccccc2)(N2CCC2)CC1. The molecular formula is C20H28N2O4. The van der Waals surface area contributed by atoms with Gasteiger partial charge in [0.15, 0.2) is 0 Å². The number of ether oxygens (including phenoxy) is 1. The monoisotopic (exact) mass is 360 g/mol. The quantitative estimate of drug-likeness (QED) is 0.423. The van der Waals surface area contributed by atoms with E-state index in [9.17, 15) is 14.9 Å². The van der Waals surface area contributed by atoms with Crippen molar-refractivity contribution in [2.75, 3.05) is 26.2 Å². The molecule has 0 atom stereocenters. The van der Waals surface area contributed by atoms with E-state index in [0.717, 1.165) is 25.9 Å². The molecular weight excluding hydrogens is 332 g/mol. The van der Waals surface area contributed by atoms with Gasteiger partial charge in [0.2, 0.25) is 6.54 Å². The fourth-order valence-electron chi connectivity index (χ4n) is 4.66. The van der Waals surface area contributed by atoms with Crippen LogP contribution in [0.5, 0.6) is 0 Å². The Hall–Kier alpha value is -1.95. The van der Waals surface area contributed by atoms with Crippen molar-refractivity contribution in [1.29, 1.82) is 0 Å². The summed E-state index contributed by atoms with van der Waals surface area (Å²) in [6.45, 7) is 4.08. The Morgan fingerprint density at radius 2 is 1.85 bits per heavy atom. The minimum absolute atomic E-state index is 0.0474. The largest absolute Gasteiger partial charge is 0.466 e. The summed E-state index contributed by atoms with van der Waals surface area (Å²) >= 11 is 0. The van der Waals surface area contributed by atoms with Crippen LogP contribution in [0, 0.1) is 15.5 Å². The Kier molecular flexibility index (Phi) is 5.61. The van der Waals surface area contributed by atoms with E-state index in [4.69, 9.17) is 4.74 Å². The molecule has 1 saturated heterocycles. The summed E-state index contributed by atoms with van der Waals surface area (Å²) in [5, 5.41) is 11.3. The second-order valence-corrected chi connectivity index (χ2v) is 7.71. The number of hydrogen-bond donors (Lipinski definition) is 0. The third-order valence-corrected chi connectivity index (χ3v) is 6.20. The Morgan fingerprint density at radius 3 is 2.35 bits per heavy atom. The molecule has 2 aliphatic rings. The van der Waals surface area contributed by atoms with E-state index < -0.39 is 5.41 Å². The number of nitrogens with zero attached hydrogens (tertiary/aromatic N) is 2. The van der Waals surface area contributed by atoms with Gasteiger partial charge in [-0.25, -0.2) is 0 Å². The molecule has 0 radical (unpaired) electrons. The first kappa shape index (κ1) is 18.8. The summed E-state index contributed by atoms with van der Waals surface area (Å²) in [7, 11) is 0. The second-order valence-electron chi connectivity index (χ2n) is 7.71. The smallest absolute Gasteiger partial charge is 0.306 e.